The van der Waals surface area contributed by atoms with Crippen molar-refractivity contribution in [1.29, 1.82) is 0 Å². The number of benzene rings is 2. The van der Waals surface area contributed by atoms with Crippen molar-refractivity contribution in [2.45, 2.75) is 59.5 Å². The molecule has 1 atom stereocenters. The van der Waals surface area contributed by atoms with E-state index < -0.39 is 13.1 Å². The van der Waals surface area contributed by atoms with Crippen LogP contribution < -0.4 is 0 Å². The first-order valence-electron chi connectivity index (χ1n) is 9.57. The van der Waals surface area contributed by atoms with Gasteiger partial charge in [-0.05, 0) is 31.6 Å². The Hall–Kier alpha value is -1.25. The fraction of sp³-hybridized carbons (Fsp3) is 0.478. The van der Waals surface area contributed by atoms with Crippen LogP contribution in [0.4, 0.5) is 0 Å². The Balaban J connectivity index is 2.66. The highest BCUT2D eigenvalue weighted by molar-refractivity contribution is 7.60. The minimum absolute atomic E-state index is 0.118. The zero-order valence-electron chi connectivity index (χ0n) is 17.4. The summed E-state index contributed by atoms with van der Waals surface area (Å²) in [4.78, 5) is 32.2. The minimum atomic E-state index is -4.25. The van der Waals surface area contributed by atoms with Crippen molar-refractivity contribution in [2.24, 2.45) is 11.3 Å². The van der Waals surface area contributed by atoms with Crippen LogP contribution >= 0.6 is 7.94 Å². The molecule has 2 aromatic carbocycles. The Labute approximate surface area is 164 Å². The van der Waals surface area contributed by atoms with Gasteiger partial charge in [0.15, 0.2) is 0 Å². The largest absolute Gasteiger partial charge is 0.419 e. The van der Waals surface area contributed by atoms with E-state index in [1.54, 1.807) is 0 Å². The Morgan fingerprint density at radius 2 is 1.11 bits per heavy atom. The summed E-state index contributed by atoms with van der Waals surface area (Å²) in [5.41, 5.74) is 3.80. The fourth-order valence-electron chi connectivity index (χ4n) is 4.15. The van der Waals surface area contributed by atoms with E-state index in [1.807, 2.05) is 62.4 Å². The van der Waals surface area contributed by atoms with Crippen molar-refractivity contribution in [1.82, 2.24) is 0 Å². The van der Waals surface area contributed by atoms with Gasteiger partial charge >= 0.3 is 7.94 Å². The summed E-state index contributed by atoms with van der Waals surface area (Å²) in [6.07, 6.45) is 1.39. The molecule has 1 unspecified atom stereocenters. The van der Waals surface area contributed by atoms with Gasteiger partial charge in [0.1, 0.15) is 0 Å². The number of hydrogen-bond donors (Lipinski definition) is 3. The molecule has 27 heavy (non-hydrogen) atoms. The molecule has 3 nitrogen and oxygen atoms in total. The van der Waals surface area contributed by atoms with Crippen LogP contribution in [-0.4, -0.2) is 14.7 Å². The molecule has 0 aliphatic rings. The standard InChI is InChI=1S/C23H34O3P/c1-17-7-11-20(12-8-17)23(27(24,25)26,16-19(3)15-22(4,5)6)21-13-9-18(2)10-14-21/h7-14,19,24-26H,15-16H2,1-6H3/q+1. The molecule has 0 bridgehead atoms. The zero-order valence-corrected chi connectivity index (χ0v) is 18.3. The minimum Gasteiger partial charge on any atom is -0.192 e. The second kappa shape index (κ2) is 8.01. The van der Waals surface area contributed by atoms with Gasteiger partial charge in [-0.25, -0.2) is 0 Å². The molecular formula is C23H34O3P+. The van der Waals surface area contributed by atoms with Gasteiger partial charge in [-0.15, -0.1) is 0 Å². The molecule has 0 heterocycles. The first-order chi connectivity index (χ1) is 12.3. The van der Waals surface area contributed by atoms with Crippen LogP contribution in [0, 0.1) is 25.2 Å². The molecule has 0 aliphatic heterocycles. The summed E-state index contributed by atoms with van der Waals surface area (Å²) < 4.78 is 0. The lowest BCUT2D eigenvalue weighted by molar-refractivity contribution is 0.246. The summed E-state index contributed by atoms with van der Waals surface area (Å²) in [5, 5.41) is -1.22. The highest BCUT2D eigenvalue weighted by atomic mass is 31.2. The first-order valence-corrected chi connectivity index (χ1v) is 11.2. The summed E-state index contributed by atoms with van der Waals surface area (Å²) in [6.45, 7) is 12.7. The van der Waals surface area contributed by atoms with E-state index in [0.29, 0.717) is 6.42 Å². The van der Waals surface area contributed by atoms with Crippen LogP contribution in [0.5, 0.6) is 0 Å². The van der Waals surface area contributed by atoms with Crippen molar-refractivity contribution in [3.8, 4) is 0 Å². The Bertz CT molecular complexity index is 692. The molecular weight excluding hydrogens is 355 g/mol. The van der Waals surface area contributed by atoms with Gasteiger partial charge in [0, 0.05) is 17.5 Å². The first kappa shape index (κ1) is 22.0. The van der Waals surface area contributed by atoms with E-state index in [-0.39, 0.29) is 11.3 Å². The van der Waals surface area contributed by atoms with E-state index >= 15 is 0 Å². The molecule has 0 aromatic heterocycles. The molecule has 0 spiro atoms. The smallest absolute Gasteiger partial charge is 0.192 e. The monoisotopic (exact) mass is 389 g/mol. The predicted octanol–water partition coefficient (Wildman–Crippen LogP) is 5.75. The van der Waals surface area contributed by atoms with Gasteiger partial charge in [0.2, 0.25) is 5.16 Å². The van der Waals surface area contributed by atoms with E-state index in [4.69, 9.17) is 0 Å². The zero-order chi connectivity index (χ0) is 20.5. The third-order valence-electron chi connectivity index (χ3n) is 5.18. The number of rotatable bonds is 6. The fourth-order valence-corrected chi connectivity index (χ4v) is 5.70. The molecule has 2 aromatic rings. The molecule has 4 heteroatoms. The molecule has 2 rings (SSSR count). The molecule has 3 N–H and O–H groups in total. The van der Waals surface area contributed by atoms with Gasteiger partial charge < -0.3 is 0 Å². The summed E-state index contributed by atoms with van der Waals surface area (Å²) in [7, 11) is -4.25. The maximum absolute atomic E-state index is 10.7. The Kier molecular flexibility index (Phi) is 6.54. The SMILES string of the molecule is Cc1ccc(C(CC(C)CC(C)(C)C)(c2ccc(C)cc2)[P+](O)(O)O)cc1. The normalized spacial score (nSPS) is 14.3. The molecule has 0 saturated heterocycles. The van der Waals surface area contributed by atoms with Gasteiger partial charge in [-0.3, -0.25) is 0 Å². The lowest BCUT2D eigenvalue weighted by Crippen LogP contribution is -2.34. The third kappa shape index (κ3) is 5.18. The van der Waals surface area contributed by atoms with Gasteiger partial charge in [0.25, 0.3) is 0 Å². The van der Waals surface area contributed by atoms with E-state index in [0.717, 1.165) is 28.7 Å². The van der Waals surface area contributed by atoms with Crippen LogP contribution in [0.1, 0.15) is 62.8 Å². The van der Waals surface area contributed by atoms with Gasteiger partial charge in [-0.1, -0.05) is 87.4 Å². The number of aryl methyl sites for hydroxylation is 2. The van der Waals surface area contributed by atoms with Crippen molar-refractivity contribution < 1.29 is 14.7 Å². The van der Waals surface area contributed by atoms with Crippen molar-refractivity contribution in [2.75, 3.05) is 0 Å². The second-order valence-electron chi connectivity index (χ2n) is 9.23. The van der Waals surface area contributed by atoms with E-state index in [9.17, 15) is 14.7 Å². The van der Waals surface area contributed by atoms with E-state index in [2.05, 4.69) is 27.7 Å². The second-order valence-corrected chi connectivity index (χ2v) is 11.1. The average Bonchev–Trinajstić information content (AvgIpc) is 2.51. The lowest BCUT2D eigenvalue weighted by atomic mass is 9.77. The lowest BCUT2D eigenvalue weighted by Gasteiger charge is -2.36. The maximum atomic E-state index is 10.7. The van der Waals surface area contributed by atoms with Gasteiger partial charge in [0.05, 0.1) is 0 Å². The Morgan fingerprint density at radius 1 is 0.741 bits per heavy atom. The third-order valence-corrected chi connectivity index (χ3v) is 6.90. The molecule has 0 fully saturated rings. The van der Waals surface area contributed by atoms with Crippen LogP contribution in [0.2, 0.25) is 0 Å². The molecule has 0 radical (unpaired) electrons. The quantitative estimate of drug-likeness (QED) is 0.551. The van der Waals surface area contributed by atoms with Crippen molar-refractivity contribution >= 4 is 7.94 Å². The highest BCUT2D eigenvalue weighted by Gasteiger charge is 2.61. The maximum Gasteiger partial charge on any atom is 0.419 e. The van der Waals surface area contributed by atoms with Crippen LogP contribution in [0.25, 0.3) is 0 Å². The van der Waals surface area contributed by atoms with Crippen molar-refractivity contribution in [3.05, 3.63) is 70.8 Å². The summed E-state index contributed by atoms with van der Waals surface area (Å²) in [5.74, 6) is 0.193. The van der Waals surface area contributed by atoms with Crippen LogP contribution in [0.3, 0.4) is 0 Å². The molecule has 148 valence electrons. The average molecular weight is 389 g/mol. The predicted molar refractivity (Wildman–Crippen MR) is 115 cm³/mol. The van der Waals surface area contributed by atoms with E-state index in [1.165, 1.54) is 0 Å². The van der Waals surface area contributed by atoms with Crippen LogP contribution in [-0.2, 0) is 5.16 Å². The molecule has 0 aliphatic carbocycles. The summed E-state index contributed by atoms with van der Waals surface area (Å²) in [6, 6.07) is 15.5. The highest BCUT2D eigenvalue weighted by Crippen LogP contribution is 2.69. The molecule has 0 saturated carbocycles. The molecule has 0 amide bonds. The summed E-state index contributed by atoms with van der Waals surface area (Å²) >= 11 is 0. The van der Waals surface area contributed by atoms with Crippen molar-refractivity contribution in [3.63, 3.8) is 0 Å². The van der Waals surface area contributed by atoms with Gasteiger partial charge in [-0.2, -0.15) is 14.7 Å². The van der Waals surface area contributed by atoms with Crippen LogP contribution in [0.15, 0.2) is 48.5 Å². The topological polar surface area (TPSA) is 60.7 Å². The number of hydrogen-bond acceptors (Lipinski definition) is 3. The Morgan fingerprint density at radius 3 is 1.41 bits per heavy atom.